The first-order chi connectivity index (χ1) is 8.07. The normalized spacial score (nSPS) is 12.1. The first-order valence-electron chi connectivity index (χ1n) is 6.19. The molecule has 1 atom stereocenters. The van der Waals surface area contributed by atoms with Crippen molar-refractivity contribution in [3.63, 3.8) is 0 Å². The van der Waals surface area contributed by atoms with Crippen LogP contribution in [0.4, 0.5) is 0 Å². The highest BCUT2D eigenvalue weighted by molar-refractivity contribution is 5.75. The van der Waals surface area contributed by atoms with Gasteiger partial charge >= 0.3 is 5.97 Å². The highest BCUT2D eigenvalue weighted by atomic mass is 16.5. The maximum atomic E-state index is 11.3. The molecule has 2 N–H and O–H groups in total. The lowest BCUT2D eigenvalue weighted by Crippen LogP contribution is -2.29. The van der Waals surface area contributed by atoms with Crippen LogP contribution in [-0.4, -0.2) is 36.2 Å². The zero-order valence-corrected chi connectivity index (χ0v) is 10.7. The van der Waals surface area contributed by atoms with E-state index in [1.807, 2.05) is 0 Å². The number of amides is 1. The van der Waals surface area contributed by atoms with Crippen LogP contribution in [0.25, 0.3) is 0 Å². The van der Waals surface area contributed by atoms with Gasteiger partial charge in [-0.1, -0.05) is 26.2 Å². The molecular weight excluding hydrogens is 222 g/mol. The molecule has 0 aromatic heterocycles. The molecule has 0 aliphatic heterocycles. The predicted molar refractivity (Wildman–Crippen MR) is 64.8 cm³/mol. The number of hydrogen-bond acceptors (Lipinski definition) is 3. The summed E-state index contributed by atoms with van der Waals surface area (Å²) in [5, 5.41) is 11.2. The Hall–Kier alpha value is -1.10. The molecule has 17 heavy (non-hydrogen) atoms. The van der Waals surface area contributed by atoms with Gasteiger partial charge in [-0.25, -0.2) is 4.79 Å². The molecular formula is C12H23NO4. The second kappa shape index (κ2) is 10.1. The van der Waals surface area contributed by atoms with E-state index in [2.05, 4.69) is 12.2 Å². The van der Waals surface area contributed by atoms with Gasteiger partial charge in [-0.15, -0.1) is 0 Å². The molecule has 5 heteroatoms. The maximum absolute atomic E-state index is 11.3. The van der Waals surface area contributed by atoms with Crippen LogP contribution in [-0.2, 0) is 14.3 Å². The predicted octanol–water partition coefficient (Wildman–Crippen LogP) is 1.56. The summed E-state index contributed by atoms with van der Waals surface area (Å²) in [4.78, 5) is 21.7. The molecule has 1 amide bonds. The molecule has 0 aliphatic carbocycles. The van der Waals surface area contributed by atoms with Gasteiger partial charge in [0.1, 0.15) is 0 Å². The van der Waals surface area contributed by atoms with Crippen molar-refractivity contribution in [2.24, 2.45) is 0 Å². The third-order valence-corrected chi connectivity index (χ3v) is 2.40. The highest BCUT2D eigenvalue weighted by Crippen LogP contribution is 2.01. The van der Waals surface area contributed by atoms with Crippen molar-refractivity contribution in [2.45, 2.75) is 52.1 Å². The Morgan fingerprint density at radius 2 is 2.00 bits per heavy atom. The molecule has 5 nitrogen and oxygen atoms in total. The van der Waals surface area contributed by atoms with E-state index in [-0.39, 0.29) is 12.5 Å². The number of carboxylic acids is 1. The summed E-state index contributed by atoms with van der Waals surface area (Å²) < 4.78 is 4.98. The van der Waals surface area contributed by atoms with E-state index >= 15 is 0 Å². The van der Waals surface area contributed by atoms with E-state index in [1.165, 1.54) is 6.92 Å². The number of rotatable bonds is 10. The number of ether oxygens (including phenoxy) is 1. The Bertz CT molecular complexity index is 231. The van der Waals surface area contributed by atoms with E-state index in [9.17, 15) is 9.59 Å². The van der Waals surface area contributed by atoms with Crippen LogP contribution in [0.3, 0.4) is 0 Å². The van der Waals surface area contributed by atoms with Crippen molar-refractivity contribution >= 4 is 11.9 Å². The minimum absolute atomic E-state index is 0.00711. The van der Waals surface area contributed by atoms with Crippen LogP contribution in [0.1, 0.15) is 46.0 Å². The van der Waals surface area contributed by atoms with Crippen LogP contribution in [0, 0.1) is 0 Å². The van der Waals surface area contributed by atoms with Crippen molar-refractivity contribution in [3.05, 3.63) is 0 Å². The van der Waals surface area contributed by atoms with Gasteiger partial charge in [0.05, 0.1) is 6.61 Å². The van der Waals surface area contributed by atoms with Gasteiger partial charge in [0.2, 0.25) is 5.91 Å². The van der Waals surface area contributed by atoms with Crippen LogP contribution in [0.2, 0.25) is 0 Å². The lowest BCUT2D eigenvalue weighted by molar-refractivity contribution is -0.148. The second-order valence-corrected chi connectivity index (χ2v) is 4.01. The summed E-state index contributed by atoms with van der Waals surface area (Å²) in [5.74, 6) is -0.983. The zero-order chi connectivity index (χ0) is 13.1. The topological polar surface area (TPSA) is 75.6 Å². The third-order valence-electron chi connectivity index (χ3n) is 2.40. The number of carboxylic acid groups (broad SMARTS) is 1. The van der Waals surface area contributed by atoms with Crippen LogP contribution in [0.15, 0.2) is 0 Å². The largest absolute Gasteiger partial charge is 0.479 e. The summed E-state index contributed by atoms with van der Waals surface area (Å²) in [6, 6.07) is 0. The van der Waals surface area contributed by atoms with E-state index in [0.717, 1.165) is 25.7 Å². The van der Waals surface area contributed by atoms with Crippen molar-refractivity contribution in [1.82, 2.24) is 5.32 Å². The molecule has 0 aliphatic rings. The first kappa shape index (κ1) is 15.9. The average molecular weight is 245 g/mol. The standard InChI is InChI=1S/C12H23NO4/c1-3-4-5-6-7-11(14)13-8-9-17-10(2)12(15)16/h10H,3-9H2,1-2H3,(H,13,14)(H,15,16). The Balaban J connectivity index is 3.36. The maximum Gasteiger partial charge on any atom is 0.332 e. The lowest BCUT2D eigenvalue weighted by atomic mass is 10.1. The van der Waals surface area contributed by atoms with Crippen LogP contribution < -0.4 is 5.32 Å². The van der Waals surface area contributed by atoms with Gasteiger partial charge in [0.25, 0.3) is 0 Å². The minimum atomic E-state index is -0.990. The van der Waals surface area contributed by atoms with Crippen molar-refractivity contribution in [3.8, 4) is 0 Å². The number of hydrogen-bond donors (Lipinski definition) is 2. The summed E-state index contributed by atoms with van der Waals surface area (Å²) >= 11 is 0. The van der Waals surface area contributed by atoms with Crippen molar-refractivity contribution < 1.29 is 19.4 Å². The van der Waals surface area contributed by atoms with E-state index < -0.39 is 12.1 Å². The molecule has 0 radical (unpaired) electrons. The van der Waals surface area contributed by atoms with Gasteiger partial charge in [-0.3, -0.25) is 4.79 Å². The molecule has 100 valence electrons. The summed E-state index contributed by atoms with van der Waals surface area (Å²) in [6.45, 7) is 4.19. The van der Waals surface area contributed by atoms with Crippen molar-refractivity contribution in [1.29, 1.82) is 0 Å². The summed E-state index contributed by atoms with van der Waals surface area (Å²) in [7, 11) is 0. The second-order valence-electron chi connectivity index (χ2n) is 4.01. The monoisotopic (exact) mass is 245 g/mol. The Morgan fingerprint density at radius 3 is 2.59 bits per heavy atom. The minimum Gasteiger partial charge on any atom is -0.479 e. The molecule has 0 bridgehead atoms. The molecule has 0 heterocycles. The zero-order valence-electron chi connectivity index (χ0n) is 10.7. The molecule has 0 saturated heterocycles. The smallest absolute Gasteiger partial charge is 0.332 e. The Morgan fingerprint density at radius 1 is 1.29 bits per heavy atom. The number of carbonyl (C=O) groups is 2. The van der Waals surface area contributed by atoms with E-state index in [1.54, 1.807) is 0 Å². The van der Waals surface area contributed by atoms with Gasteiger partial charge < -0.3 is 15.2 Å². The van der Waals surface area contributed by atoms with Crippen LogP contribution >= 0.6 is 0 Å². The summed E-state index contributed by atoms with van der Waals surface area (Å²) in [6.07, 6.45) is 4.02. The lowest BCUT2D eigenvalue weighted by Gasteiger charge is -2.09. The summed E-state index contributed by atoms with van der Waals surface area (Å²) in [5.41, 5.74) is 0. The molecule has 0 aromatic carbocycles. The van der Waals surface area contributed by atoms with Gasteiger partial charge in [-0.2, -0.15) is 0 Å². The average Bonchev–Trinajstić information content (AvgIpc) is 2.29. The fourth-order valence-electron chi connectivity index (χ4n) is 1.30. The van der Waals surface area contributed by atoms with Gasteiger partial charge in [-0.05, 0) is 13.3 Å². The molecule has 0 aromatic rings. The number of aliphatic carboxylic acids is 1. The Kier molecular flexibility index (Phi) is 9.43. The SMILES string of the molecule is CCCCCCC(=O)NCCOC(C)C(=O)O. The number of carbonyl (C=O) groups excluding carboxylic acids is 1. The van der Waals surface area contributed by atoms with Crippen molar-refractivity contribution in [2.75, 3.05) is 13.2 Å². The fraction of sp³-hybridized carbons (Fsp3) is 0.833. The quantitative estimate of drug-likeness (QED) is 0.573. The molecule has 0 fully saturated rings. The van der Waals surface area contributed by atoms with E-state index in [0.29, 0.717) is 13.0 Å². The first-order valence-corrected chi connectivity index (χ1v) is 6.19. The molecule has 0 saturated carbocycles. The van der Waals surface area contributed by atoms with Gasteiger partial charge in [0, 0.05) is 13.0 Å². The molecule has 1 unspecified atom stereocenters. The van der Waals surface area contributed by atoms with Gasteiger partial charge in [0.15, 0.2) is 6.10 Å². The van der Waals surface area contributed by atoms with Crippen LogP contribution in [0.5, 0.6) is 0 Å². The fourth-order valence-corrected chi connectivity index (χ4v) is 1.30. The molecule has 0 rings (SSSR count). The third kappa shape index (κ3) is 9.81. The number of nitrogens with one attached hydrogen (secondary N) is 1. The Labute approximate surface area is 103 Å². The molecule has 0 spiro atoms. The number of unbranched alkanes of at least 4 members (excludes halogenated alkanes) is 3. The van der Waals surface area contributed by atoms with E-state index in [4.69, 9.17) is 9.84 Å². The highest BCUT2D eigenvalue weighted by Gasteiger charge is 2.10.